The molecule has 1 unspecified atom stereocenters. The molecule has 122 valence electrons. The number of aliphatic hydroxyl groups excluding tert-OH is 1. The normalized spacial score (nSPS) is 19.8. The van der Waals surface area contributed by atoms with Gasteiger partial charge >= 0.3 is 0 Å². The van der Waals surface area contributed by atoms with Gasteiger partial charge in [-0.05, 0) is 30.3 Å². The van der Waals surface area contributed by atoms with Crippen molar-refractivity contribution < 1.29 is 19.1 Å². The van der Waals surface area contributed by atoms with Crippen molar-refractivity contribution in [2.75, 3.05) is 7.05 Å². The van der Waals surface area contributed by atoms with Gasteiger partial charge in [0.2, 0.25) is 0 Å². The third-order valence-electron chi connectivity index (χ3n) is 3.99. The van der Waals surface area contributed by atoms with Crippen molar-refractivity contribution in [2.24, 2.45) is 0 Å². The molecule has 1 fully saturated rings. The lowest BCUT2D eigenvalue weighted by Crippen LogP contribution is -2.25. The van der Waals surface area contributed by atoms with E-state index in [2.05, 4.69) is 0 Å². The van der Waals surface area contributed by atoms with Gasteiger partial charge in [0.1, 0.15) is 11.6 Å². The van der Waals surface area contributed by atoms with E-state index in [-0.39, 0.29) is 16.9 Å². The molecule has 0 radical (unpaired) electrons. The number of Topliss-reactive ketones (excluding diaryl/α,β-unsaturated/α-hetero) is 1. The average molecular weight is 346 g/mol. The van der Waals surface area contributed by atoms with E-state index in [1.165, 1.54) is 37.4 Å². The standard InChI is InChI=1S/C18H13ClFNO3/c1-21-15(12-4-2-3-5-13(12)20)14(17(23)18(21)24)16(22)10-6-8-11(19)9-7-10/h2-9,15,22H,1H3/b16-14+. The van der Waals surface area contributed by atoms with Crippen molar-refractivity contribution in [1.82, 2.24) is 4.90 Å². The van der Waals surface area contributed by atoms with Crippen LogP contribution in [0.2, 0.25) is 5.02 Å². The molecule has 0 saturated carbocycles. The van der Waals surface area contributed by atoms with Gasteiger partial charge in [0.25, 0.3) is 11.7 Å². The summed E-state index contributed by atoms with van der Waals surface area (Å²) >= 11 is 5.82. The Bertz CT molecular complexity index is 861. The fourth-order valence-electron chi connectivity index (χ4n) is 2.77. The summed E-state index contributed by atoms with van der Waals surface area (Å²) in [6.45, 7) is 0. The maximum Gasteiger partial charge on any atom is 0.295 e. The van der Waals surface area contributed by atoms with Crippen LogP contribution < -0.4 is 0 Å². The number of carbonyl (C=O) groups is 2. The number of likely N-dealkylation sites (N-methyl/N-ethyl adjacent to an activating group) is 1. The van der Waals surface area contributed by atoms with Crippen molar-refractivity contribution in [3.8, 4) is 0 Å². The zero-order valence-corrected chi connectivity index (χ0v) is 13.4. The minimum atomic E-state index is -0.984. The summed E-state index contributed by atoms with van der Waals surface area (Å²) in [5, 5.41) is 11.0. The number of aliphatic hydroxyl groups is 1. The first-order valence-electron chi connectivity index (χ1n) is 7.16. The van der Waals surface area contributed by atoms with Gasteiger partial charge in [-0.1, -0.05) is 29.8 Å². The van der Waals surface area contributed by atoms with Crippen molar-refractivity contribution in [2.45, 2.75) is 6.04 Å². The van der Waals surface area contributed by atoms with Crippen LogP contribution in [0.4, 0.5) is 4.39 Å². The Kier molecular flexibility index (Phi) is 4.11. The predicted molar refractivity (Wildman–Crippen MR) is 87.9 cm³/mol. The first kappa shape index (κ1) is 16.2. The summed E-state index contributed by atoms with van der Waals surface area (Å²) < 4.78 is 14.2. The van der Waals surface area contributed by atoms with Crippen LogP contribution in [-0.2, 0) is 9.59 Å². The second-order valence-corrected chi connectivity index (χ2v) is 5.87. The Morgan fingerprint density at radius 3 is 2.38 bits per heavy atom. The van der Waals surface area contributed by atoms with Crippen molar-refractivity contribution in [1.29, 1.82) is 0 Å². The van der Waals surface area contributed by atoms with Gasteiger partial charge in [-0.2, -0.15) is 0 Å². The highest BCUT2D eigenvalue weighted by molar-refractivity contribution is 6.46. The summed E-state index contributed by atoms with van der Waals surface area (Å²) in [7, 11) is 1.40. The van der Waals surface area contributed by atoms with E-state index < -0.39 is 23.5 Å². The fraction of sp³-hybridized carbons (Fsp3) is 0.111. The maximum atomic E-state index is 14.2. The van der Waals surface area contributed by atoms with Crippen molar-refractivity contribution in [3.63, 3.8) is 0 Å². The lowest BCUT2D eigenvalue weighted by Gasteiger charge is -2.21. The topological polar surface area (TPSA) is 57.6 Å². The van der Waals surface area contributed by atoms with Gasteiger partial charge in [-0.25, -0.2) is 4.39 Å². The lowest BCUT2D eigenvalue weighted by molar-refractivity contribution is -0.139. The highest BCUT2D eigenvalue weighted by Crippen LogP contribution is 2.39. The largest absolute Gasteiger partial charge is 0.507 e. The molecule has 1 heterocycles. The van der Waals surface area contributed by atoms with Crippen LogP contribution in [0, 0.1) is 5.82 Å². The number of ketones is 1. The Morgan fingerprint density at radius 2 is 1.75 bits per heavy atom. The molecule has 6 heteroatoms. The van der Waals surface area contributed by atoms with Gasteiger partial charge < -0.3 is 10.0 Å². The van der Waals surface area contributed by atoms with Gasteiger partial charge in [0.15, 0.2) is 0 Å². The summed E-state index contributed by atoms with van der Waals surface area (Å²) in [6.07, 6.45) is 0. The number of carbonyl (C=O) groups excluding carboxylic acids is 2. The van der Waals surface area contributed by atoms with Crippen molar-refractivity contribution in [3.05, 3.63) is 76.1 Å². The van der Waals surface area contributed by atoms with E-state index in [1.807, 2.05) is 0 Å². The molecule has 2 aromatic carbocycles. The van der Waals surface area contributed by atoms with Crippen LogP contribution in [0.15, 0.2) is 54.1 Å². The second kappa shape index (κ2) is 6.09. The minimum absolute atomic E-state index is 0.144. The van der Waals surface area contributed by atoms with Crippen LogP contribution in [0.5, 0.6) is 0 Å². The number of amides is 1. The highest BCUT2D eigenvalue weighted by Gasteiger charge is 2.45. The molecule has 0 bridgehead atoms. The molecule has 24 heavy (non-hydrogen) atoms. The number of nitrogens with zero attached hydrogens (tertiary/aromatic N) is 1. The lowest BCUT2D eigenvalue weighted by atomic mass is 9.95. The molecule has 0 spiro atoms. The number of hydrogen-bond donors (Lipinski definition) is 1. The molecule has 1 N–H and O–H groups in total. The van der Waals surface area contributed by atoms with E-state index >= 15 is 0 Å². The van der Waals surface area contributed by atoms with Gasteiger partial charge in [-0.3, -0.25) is 9.59 Å². The van der Waals surface area contributed by atoms with Gasteiger partial charge in [-0.15, -0.1) is 0 Å². The van der Waals surface area contributed by atoms with E-state index in [1.54, 1.807) is 18.2 Å². The molecule has 1 saturated heterocycles. The van der Waals surface area contributed by atoms with Crippen LogP contribution in [-0.4, -0.2) is 28.7 Å². The molecule has 1 aliphatic heterocycles. The first-order valence-corrected chi connectivity index (χ1v) is 7.54. The molecule has 1 amide bonds. The summed E-state index contributed by atoms with van der Waals surface area (Å²) in [6, 6.07) is 11.0. The van der Waals surface area contributed by atoms with Crippen LogP contribution in [0.3, 0.4) is 0 Å². The smallest absolute Gasteiger partial charge is 0.295 e. The van der Waals surface area contributed by atoms with Gasteiger partial charge in [0, 0.05) is 23.2 Å². The quantitative estimate of drug-likeness (QED) is 0.514. The molecule has 0 aliphatic carbocycles. The maximum absolute atomic E-state index is 14.2. The average Bonchev–Trinajstić information content (AvgIpc) is 2.79. The highest BCUT2D eigenvalue weighted by atomic mass is 35.5. The zero-order valence-electron chi connectivity index (χ0n) is 12.7. The molecular formula is C18H13ClFNO3. The predicted octanol–water partition coefficient (Wildman–Crippen LogP) is 3.53. The van der Waals surface area contributed by atoms with Crippen LogP contribution in [0.1, 0.15) is 17.2 Å². The fourth-order valence-corrected chi connectivity index (χ4v) is 2.90. The molecule has 3 rings (SSSR count). The van der Waals surface area contributed by atoms with E-state index in [9.17, 15) is 19.1 Å². The van der Waals surface area contributed by atoms with Crippen molar-refractivity contribution >= 4 is 29.1 Å². The summed E-state index contributed by atoms with van der Waals surface area (Å²) in [5.41, 5.74) is 0.330. The summed E-state index contributed by atoms with van der Waals surface area (Å²) in [5.74, 6) is -2.56. The molecule has 0 aromatic heterocycles. The Labute approximate surface area is 142 Å². The van der Waals surface area contributed by atoms with Crippen LogP contribution >= 0.6 is 11.6 Å². The molecule has 2 aromatic rings. The number of hydrogen-bond acceptors (Lipinski definition) is 3. The Balaban J connectivity index is 2.20. The number of benzene rings is 2. The second-order valence-electron chi connectivity index (χ2n) is 5.44. The van der Waals surface area contributed by atoms with Gasteiger partial charge in [0.05, 0.1) is 11.6 Å². The minimum Gasteiger partial charge on any atom is -0.507 e. The molecule has 1 aliphatic rings. The zero-order chi connectivity index (χ0) is 17.4. The molecular weight excluding hydrogens is 333 g/mol. The van der Waals surface area contributed by atoms with Crippen LogP contribution in [0.25, 0.3) is 5.76 Å². The molecule has 1 atom stereocenters. The number of likely N-dealkylation sites (tertiary alicyclic amines) is 1. The summed E-state index contributed by atoms with van der Waals surface area (Å²) in [4.78, 5) is 25.6. The monoisotopic (exact) mass is 345 g/mol. The number of rotatable bonds is 2. The number of halogens is 2. The first-order chi connectivity index (χ1) is 11.4. The van der Waals surface area contributed by atoms with E-state index in [0.29, 0.717) is 10.6 Å². The molecule has 4 nitrogen and oxygen atoms in total. The SMILES string of the molecule is CN1C(=O)C(=O)/C(=C(/O)c2ccc(Cl)cc2)C1c1ccccc1F. The Hall–Kier alpha value is -2.66. The van der Waals surface area contributed by atoms with E-state index in [0.717, 1.165) is 4.90 Å². The third kappa shape index (κ3) is 2.57. The third-order valence-corrected chi connectivity index (χ3v) is 4.24. The Morgan fingerprint density at radius 1 is 1.12 bits per heavy atom. The van der Waals surface area contributed by atoms with E-state index in [4.69, 9.17) is 11.6 Å².